The van der Waals surface area contributed by atoms with Gasteiger partial charge in [0, 0.05) is 16.3 Å². The first kappa shape index (κ1) is 24.7. The van der Waals surface area contributed by atoms with Gasteiger partial charge < -0.3 is 19.7 Å². The maximum absolute atomic E-state index is 13.5. The van der Waals surface area contributed by atoms with Crippen LogP contribution in [-0.2, 0) is 16.0 Å². The van der Waals surface area contributed by atoms with E-state index in [2.05, 4.69) is 0 Å². The number of phenolic OH excluding ortho intramolecular Hbond substituents is 1. The number of nitrogens with zero attached hydrogens (tertiary/aromatic N) is 1. The van der Waals surface area contributed by atoms with Crippen molar-refractivity contribution in [2.45, 2.75) is 32.7 Å². The number of benzene rings is 3. The smallest absolute Gasteiger partial charge is 0.300 e. The van der Waals surface area contributed by atoms with E-state index in [-0.39, 0.29) is 22.8 Å². The molecule has 2 N–H and O–H groups in total. The highest BCUT2D eigenvalue weighted by Gasteiger charge is 2.47. The Balaban J connectivity index is 1.72. The lowest BCUT2D eigenvalue weighted by Crippen LogP contribution is -2.30. The van der Waals surface area contributed by atoms with Crippen molar-refractivity contribution in [1.82, 2.24) is 0 Å². The van der Waals surface area contributed by atoms with Crippen LogP contribution in [0.1, 0.15) is 41.6 Å². The summed E-state index contributed by atoms with van der Waals surface area (Å²) in [5, 5.41) is 22.3. The van der Waals surface area contributed by atoms with E-state index < -0.39 is 17.7 Å². The van der Waals surface area contributed by atoms with Gasteiger partial charge in [0.1, 0.15) is 11.5 Å². The zero-order valence-electron chi connectivity index (χ0n) is 20.5. The summed E-state index contributed by atoms with van der Waals surface area (Å²) in [6.45, 7) is 4.52. The molecule has 0 radical (unpaired) electrons. The third-order valence-corrected chi connectivity index (χ3v) is 6.88. The number of Topliss-reactive ketones (excluding diaryl/α,β-unsaturated/α-hetero) is 1. The van der Waals surface area contributed by atoms with Crippen LogP contribution in [0.2, 0.25) is 5.02 Å². The number of anilines is 1. The van der Waals surface area contributed by atoms with Gasteiger partial charge in [0.05, 0.1) is 24.8 Å². The van der Waals surface area contributed by atoms with Crippen LogP contribution in [0, 0.1) is 6.92 Å². The van der Waals surface area contributed by atoms with Gasteiger partial charge in [0.25, 0.3) is 11.7 Å². The van der Waals surface area contributed by atoms with Crippen LogP contribution in [0.4, 0.5) is 5.69 Å². The molecule has 0 aromatic heterocycles. The van der Waals surface area contributed by atoms with Gasteiger partial charge in [-0.1, -0.05) is 17.7 Å². The highest BCUT2D eigenvalue weighted by Crippen LogP contribution is 2.45. The van der Waals surface area contributed by atoms with E-state index in [4.69, 9.17) is 21.1 Å². The summed E-state index contributed by atoms with van der Waals surface area (Å²) in [6, 6.07) is 14.0. The number of aliphatic hydroxyl groups excluding tert-OH is 1. The van der Waals surface area contributed by atoms with E-state index >= 15 is 0 Å². The first-order valence-corrected chi connectivity index (χ1v) is 12.5. The molecule has 190 valence electrons. The number of phenols is 1. The Morgan fingerprint density at radius 1 is 1.14 bits per heavy atom. The maximum Gasteiger partial charge on any atom is 0.300 e. The molecule has 7 nitrogen and oxygen atoms in total. The monoisotopic (exact) mass is 519 g/mol. The zero-order chi connectivity index (χ0) is 26.3. The van der Waals surface area contributed by atoms with Crippen LogP contribution < -0.4 is 14.4 Å². The van der Waals surface area contributed by atoms with Gasteiger partial charge in [-0.05, 0) is 91.9 Å². The van der Waals surface area contributed by atoms with Gasteiger partial charge in [0.15, 0.2) is 11.5 Å². The molecule has 1 unspecified atom stereocenters. The number of hydrogen-bond acceptors (Lipinski definition) is 6. The Morgan fingerprint density at radius 2 is 1.95 bits per heavy atom. The molecular weight excluding hydrogens is 494 g/mol. The number of rotatable bonds is 5. The number of amides is 1. The number of hydrogen-bond donors (Lipinski definition) is 2. The van der Waals surface area contributed by atoms with Crippen molar-refractivity contribution in [2.24, 2.45) is 0 Å². The van der Waals surface area contributed by atoms with Crippen LogP contribution in [0.3, 0.4) is 0 Å². The average molecular weight is 520 g/mol. The Hall–Kier alpha value is -3.97. The largest absolute Gasteiger partial charge is 0.507 e. The second-order valence-corrected chi connectivity index (χ2v) is 9.47. The number of carbonyl (C=O) groups excluding carboxylic acids is 2. The Kier molecular flexibility index (Phi) is 6.56. The lowest BCUT2D eigenvalue weighted by atomic mass is 9.93. The average Bonchev–Trinajstić information content (AvgIpc) is 3.15. The van der Waals surface area contributed by atoms with Crippen molar-refractivity contribution < 1.29 is 29.3 Å². The first-order chi connectivity index (χ1) is 17.8. The minimum atomic E-state index is -0.966. The summed E-state index contributed by atoms with van der Waals surface area (Å²) in [5.41, 5.74) is 2.97. The third kappa shape index (κ3) is 4.40. The number of halogens is 1. The van der Waals surface area contributed by atoms with Gasteiger partial charge in [-0.25, -0.2) is 0 Å². The lowest BCUT2D eigenvalue weighted by molar-refractivity contribution is -0.132. The van der Waals surface area contributed by atoms with Gasteiger partial charge >= 0.3 is 0 Å². The molecule has 2 aliphatic heterocycles. The predicted molar refractivity (Wildman–Crippen MR) is 141 cm³/mol. The second-order valence-electron chi connectivity index (χ2n) is 9.03. The first-order valence-electron chi connectivity index (χ1n) is 12.1. The molecule has 0 saturated carbocycles. The minimum absolute atomic E-state index is 0.0517. The summed E-state index contributed by atoms with van der Waals surface area (Å²) in [5.74, 6) is -0.973. The molecule has 1 amide bonds. The summed E-state index contributed by atoms with van der Waals surface area (Å²) in [7, 11) is 0. The molecule has 1 fully saturated rings. The maximum atomic E-state index is 13.5. The summed E-state index contributed by atoms with van der Waals surface area (Å²) in [4.78, 5) is 28.3. The van der Waals surface area contributed by atoms with E-state index in [0.717, 1.165) is 24.2 Å². The van der Waals surface area contributed by atoms with Crippen molar-refractivity contribution in [3.8, 4) is 17.2 Å². The lowest BCUT2D eigenvalue weighted by Gasteiger charge is -2.27. The molecule has 2 heterocycles. The number of aromatic hydroxyl groups is 1. The Morgan fingerprint density at radius 3 is 2.70 bits per heavy atom. The summed E-state index contributed by atoms with van der Waals surface area (Å²) in [6.07, 6.45) is 1.64. The molecule has 0 bridgehead atoms. The van der Waals surface area contributed by atoms with Gasteiger partial charge in [-0.3, -0.25) is 14.5 Å². The standard InChI is InChI=1S/C29H26ClNO6/c1-3-36-24-15-18(6-10-22(24)32)26-25(27(33)19-7-11-23-17(14-19)5-4-12-37-23)28(34)29(35)31(26)21-9-8-20(30)13-16(21)2/h6-11,13-15,26,32-33H,3-5,12H2,1-2H3/b27-25+. The van der Waals surface area contributed by atoms with Crippen LogP contribution in [0.25, 0.3) is 5.76 Å². The molecule has 37 heavy (non-hydrogen) atoms. The van der Waals surface area contributed by atoms with Gasteiger partial charge in [-0.15, -0.1) is 0 Å². The number of ketones is 1. The highest BCUT2D eigenvalue weighted by molar-refractivity contribution is 6.51. The van der Waals surface area contributed by atoms with Crippen LogP contribution in [0.5, 0.6) is 17.2 Å². The van der Waals surface area contributed by atoms with Crippen molar-refractivity contribution in [3.05, 3.63) is 87.4 Å². The molecule has 5 rings (SSSR count). The molecule has 0 aliphatic carbocycles. The number of aryl methyl sites for hydroxylation is 2. The fourth-order valence-corrected chi connectivity index (χ4v) is 5.15. The molecule has 1 saturated heterocycles. The Bertz CT molecular complexity index is 1450. The number of fused-ring (bicyclic) bond motifs is 1. The van der Waals surface area contributed by atoms with Gasteiger partial charge in [0.2, 0.25) is 0 Å². The third-order valence-electron chi connectivity index (χ3n) is 6.64. The molecular formula is C29H26ClNO6. The number of ether oxygens (including phenoxy) is 2. The summed E-state index contributed by atoms with van der Waals surface area (Å²) < 4.78 is 11.2. The SMILES string of the molecule is CCOc1cc(C2/C(=C(\O)c3ccc4c(c3)CCCO4)C(=O)C(=O)N2c2ccc(Cl)cc2C)ccc1O. The number of carbonyl (C=O) groups is 2. The van der Waals surface area contributed by atoms with Crippen LogP contribution in [0.15, 0.2) is 60.2 Å². The van der Waals surface area contributed by atoms with Crippen molar-refractivity contribution >= 4 is 34.7 Å². The van der Waals surface area contributed by atoms with Crippen molar-refractivity contribution in [1.29, 1.82) is 0 Å². The normalized spacial score (nSPS) is 18.5. The van der Waals surface area contributed by atoms with Crippen LogP contribution >= 0.6 is 11.6 Å². The topological polar surface area (TPSA) is 96.3 Å². The second kappa shape index (κ2) is 9.82. The molecule has 2 aliphatic rings. The van der Waals surface area contributed by atoms with E-state index in [1.165, 1.54) is 11.0 Å². The molecule has 3 aromatic rings. The summed E-state index contributed by atoms with van der Waals surface area (Å²) >= 11 is 6.16. The van der Waals surface area contributed by atoms with E-state index in [9.17, 15) is 19.8 Å². The molecule has 1 atom stereocenters. The van der Waals surface area contributed by atoms with E-state index in [0.29, 0.717) is 40.6 Å². The fourth-order valence-electron chi connectivity index (χ4n) is 4.92. The zero-order valence-corrected chi connectivity index (χ0v) is 21.2. The highest BCUT2D eigenvalue weighted by atomic mass is 35.5. The molecule has 0 spiro atoms. The fraction of sp³-hybridized carbons (Fsp3) is 0.241. The molecule has 3 aromatic carbocycles. The van der Waals surface area contributed by atoms with Crippen molar-refractivity contribution in [2.75, 3.05) is 18.1 Å². The predicted octanol–water partition coefficient (Wildman–Crippen LogP) is 5.70. The van der Waals surface area contributed by atoms with Crippen molar-refractivity contribution in [3.63, 3.8) is 0 Å². The van der Waals surface area contributed by atoms with Crippen LogP contribution in [-0.4, -0.2) is 35.1 Å². The minimum Gasteiger partial charge on any atom is -0.507 e. The quantitative estimate of drug-likeness (QED) is 0.255. The molecule has 8 heteroatoms. The van der Waals surface area contributed by atoms with Gasteiger partial charge in [-0.2, -0.15) is 0 Å². The van der Waals surface area contributed by atoms with E-state index in [1.54, 1.807) is 62.4 Å². The number of aliphatic hydroxyl groups is 1. The Labute approximate surface area is 219 Å². The van der Waals surface area contributed by atoms with E-state index in [1.807, 2.05) is 0 Å².